The minimum atomic E-state index is 0.120. The predicted molar refractivity (Wildman–Crippen MR) is 70.0 cm³/mol. The van der Waals surface area contributed by atoms with E-state index in [-0.39, 0.29) is 15.8 Å². The van der Waals surface area contributed by atoms with E-state index >= 15 is 0 Å². The topological polar surface area (TPSA) is 0 Å². The number of hydrogen-bond donors (Lipinski definition) is 0. The van der Waals surface area contributed by atoms with E-state index in [1.807, 2.05) is 0 Å². The summed E-state index contributed by atoms with van der Waals surface area (Å²) in [7, 11) is 0.241. The van der Waals surface area contributed by atoms with Gasteiger partial charge in [0.25, 0.3) is 0 Å². The number of hydrogen-bond acceptors (Lipinski definition) is 0. The average Bonchev–Trinajstić information content (AvgIpc) is 1.60. The molecule has 0 saturated carbocycles. The molecule has 0 aromatic rings. The molecule has 0 aliphatic heterocycles. The standard InChI is InChI=1S/2C3H9P.2BrH.Pd/c2*1-4(2)3;;;/h2*1-3H3;2*1H;/q;;;;+2. The van der Waals surface area contributed by atoms with Crippen LogP contribution in [0.4, 0.5) is 0 Å². The molecular weight excluding hydrogens is 400 g/mol. The van der Waals surface area contributed by atoms with E-state index in [1.165, 1.54) is 0 Å². The minimum absolute atomic E-state index is 0.120. The van der Waals surface area contributed by atoms with Gasteiger partial charge in [-0.05, 0) is 15.8 Å². The van der Waals surface area contributed by atoms with E-state index in [0.29, 0.717) is 13.9 Å². The molecule has 0 aromatic heterocycles. The van der Waals surface area contributed by atoms with Crippen LogP contribution in [0.25, 0.3) is 0 Å². The Morgan fingerprint density at radius 2 is 0.727 bits per heavy atom. The van der Waals surface area contributed by atoms with Crippen molar-refractivity contribution in [1.29, 1.82) is 0 Å². The van der Waals surface area contributed by atoms with Gasteiger partial charge in [0.2, 0.25) is 0 Å². The molecule has 0 radical (unpaired) electrons. The van der Waals surface area contributed by atoms with Crippen molar-refractivity contribution in [2.45, 2.75) is 0 Å². The molecule has 0 atom stereocenters. The Bertz CT molecular complexity index is 42.3. The second-order valence-corrected chi connectivity index (χ2v) is 16.2. The van der Waals surface area contributed by atoms with Crippen molar-refractivity contribution < 1.29 is 13.9 Å². The SMILES string of the molecule is C[PH+](C)C.C[PH+](C)C.[Br][Pd][Br]. The van der Waals surface area contributed by atoms with Crippen molar-refractivity contribution in [3.8, 4) is 0 Å². The monoisotopic (exact) mass is 418 g/mol. The van der Waals surface area contributed by atoms with Crippen LogP contribution in [0.3, 0.4) is 0 Å². The third-order valence-corrected chi connectivity index (χ3v) is 0. The molecule has 0 N–H and O–H groups in total. The fourth-order valence-electron chi connectivity index (χ4n) is 0. The molecule has 0 heterocycles. The summed E-state index contributed by atoms with van der Waals surface area (Å²) in [4.78, 5) is 0. The summed E-state index contributed by atoms with van der Waals surface area (Å²) in [5, 5.41) is 0. The van der Waals surface area contributed by atoms with E-state index in [4.69, 9.17) is 0 Å². The zero-order valence-corrected chi connectivity index (χ0v) is 14.8. The van der Waals surface area contributed by atoms with Gasteiger partial charge >= 0.3 is 40.8 Å². The summed E-state index contributed by atoms with van der Waals surface area (Å²) in [6.45, 7) is 13.6. The van der Waals surface area contributed by atoms with Gasteiger partial charge in [0.05, 0.1) is 0 Å². The fourth-order valence-corrected chi connectivity index (χ4v) is 0. The molecule has 0 nitrogen and oxygen atoms in total. The van der Waals surface area contributed by atoms with Crippen molar-refractivity contribution in [3.63, 3.8) is 0 Å². The molecule has 11 heavy (non-hydrogen) atoms. The average molecular weight is 420 g/mol. The van der Waals surface area contributed by atoms with E-state index in [0.717, 1.165) is 0 Å². The zero-order chi connectivity index (χ0) is 9.86. The van der Waals surface area contributed by atoms with Crippen LogP contribution >= 0.6 is 42.7 Å². The Labute approximate surface area is 95.8 Å². The van der Waals surface area contributed by atoms with Crippen LogP contribution in [-0.2, 0) is 13.9 Å². The second kappa shape index (κ2) is 18.3. The molecule has 0 aliphatic carbocycles. The summed E-state index contributed by atoms with van der Waals surface area (Å²) >= 11 is 6.80. The van der Waals surface area contributed by atoms with Crippen LogP contribution in [0.15, 0.2) is 0 Å². The van der Waals surface area contributed by atoms with Gasteiger partial charge in [-0.3, -0.25) is 0 Å². The third-order valence-electron chi connectivity index (χ3n) is 0. The van der Waals surface area contributed by atoms with Crippen LogP contribution in [0.2, 0.25) is 0 Å². The van der Waals surface area contributed by atoms with Crippen molar-refractivity contribution in [2.24, 2.45) is 0 Å². The van der Waals surface area contributed by atoms with Crippen molar-refractivity contribution >= 4 is 42.7 Å². The predicted octanol–water partition coefficient (Wildman–Crippen LogP) is 3.87. The van der Waals surface area contributed by atoms with E-state index in [9.17, 15) is 0 Å². The molecule has 76 valence electrons. The van der Waals surface area contributed by atoms with Gasteiger partial charge in [-0.2, -0.15) is 0 Å². The first-order chi connectivity index (χ1) is 4.88. The summed E-state index contributed by atoms with van der Waals surface area (Å²) < 4.78 is 0. The Balaban J connectivity index is -0.0000000886. The Kier molecular flexibility index (Phi) is 31.8. The molecule has 0 rings (SSSR count). The van der Waals surface area contributed by atoms with Gasteiger partial charge in [-0.15, -0.1) is 0 Å². The molecule has 0 saturated heterocycles. The molecule has 0 unspecified atom stereocenters. The third kappa shape index (κ3) is 223. The summed E-state index contributed by atoms with van der Waals surface area (Å²) in [6.07, 6.45) is 0. The summed E-state index contributed by atoms with van der Waals surface area (Å²) in [5.74, 6) is 0. The van der Waals surface area contributed by atoms with E-state index < -0.39 is 0 Å². The number of halogens is 2. The van der Waals surface area contributed by atoms with Crippen LogP contribution in [0.5, 0.6) is 0 Å². The van der Waals surface area contributed by atoms with E-state index in [2.05, 4.69) is 66.8 Å². The molecule has 0 aromatic carbocycles. The molecule has 0 fully saturated rings. The van der Waals surface area contributed by atoms with Gasteiger partial charge in [-0.25, -0.2) is 0 Å². The molecule has 0 amide bonds. The summed E-state index contributed by atoms with van der Waals surface area (Å²) in [5.41, 5.74) is 0. The molecule has 0 aliphatic rings. The molecule has 0 spiro atoms. The second-order valence-electron chi connectivity index (χ2n) is 3.05. The normalized spacial score (nSPS) is 8.55. The van der Waals surface area contributed by atoms with Gasteiger partial charge in [-0.1, -0.05) is 0 Å². The van der Waals surface area contributed by atoms with E-state index in [1.54, 1.807) is 0 Å². The van der Waals surface area contributed by atoms with Gasteiger partial charge in [0.1, 0.15) is 0 Å². The first-order valence-electron chi connectivity index (χ1n) is 3.24. The van der Waals surface area contributed by atoms with Gasteiger partial charge in [0.15, 0.2) is 0 Å². The van der Waals surface area contributed by atoms with Gasteiger partial charge < -0.3 is 0 Å². The Hall–Kier alpha value is 2.48. The molecular formula is C6H20Br2P2Pd+2. The van der Waals surface area contributed by atoms with Crippen molar-refractivity contribution in [2.75, 3.05) is 40.0 Å². The van der Waals surface area contributed by atoms with Crippen LogP contribution in [0.1, 0.15) is 0 Å². The van der Waals surface area contributed by atoms with Crippen LogP contribution < -0.4 is 0 Å². The maximum absolute atomic E-state index is 3.11. The fraction of sp³-hybridized carbons (Fsp3) is 1.00. The first kappa shape index (κ1) is 19.1. The Morgan fingerprint density at radius 1 is 0.727 bits per heavy atom. The Morgan fingerprint density at radius 3 is 0.727 bits per heavy atom. The zero-order valence-electron chi connectivity index (χ0n) is 8.07. The van der Waals surface area contributed by atoms with Crippen LogP contribution in [0, 0.1) is 0 Å². The summed E-state index contributed by atoms with van der Waals surface area (Å²) in [6, 6.07) is 0. The maximum atomic E-state index is 3.11. The quantitative estimate of drug-likeness (QED) is 0.412. The molecule has 5 heteroatoms. The number of rotatable bonds is 0. The molecule has 0 bridgehead atoms. The van der Waals surface area contributed by atoms with Crippen molar-refractivity contribution in [3.05, 3.63) is 0 Å². The van der Waals surface area contributed by atoms with Crippen LogP contribution in [-0.4, -0.2) is 40.0 Å². The van der Waals surface area contributed by atoms with Gasteiger partial charge in [0, 0.05) is 40.0 Å². The first-order valence-corrected chi connectivity index (χ1v) is 16.3. The van der Waals surface area contributed by atoms with Crippen molar-refractivity contribution in [1.82, 2.24) is 0 Å².